The molecule has 1 fully saturated rings. The number of sulfonamides is 1. The molecule has 0 saturated carbocycles. The van der Waals surface area contributed by atoms with Crippen molar-refractivity contribution in [1.82, 2.24) is 10.0 Å². The van der Waals surface area contributed by atoms with Gasteiger partial charge in [-0.15, -0.1) is 12.4 Å². The third-order valence-corrected chi connectivity index (χ3v) is 5.05. The molecule has 1 aromatic carbocycles. The Morgan fingerprint density at radius 1 is 1.15 bits per heavy atom. The summed E-state index contributed by atoms with van der Waals surface area (Å²) in [4.78, 5) is 0.357. The lowest BCUT2D eigenvalue weighted by Gasteiger charge is -2.23. The number of hydrogen-bond donors (Lipinski definition) is 2. The average Bonchev–Trinajstić information content (AvgIpc) is 2.39. The van der Waals surface area contributed by atoms with Crippen LogP contribution in [0.5, 0.6) is 0 Å². The minimum absolute atomic E-state index is 0. The van der Waals surface area contributed by atoms with Crippen LogP contribution in [0, 0.1) is 0 Å². The minimum Gasteiger partial charge on any atom is -0.317 e. The number of rotatable bonds is 4. The summed E-state index contributed by atoms with van der Waals surface area (Å²) in [7, 11) is -3.38. The lowest BCUT2D eigenvalue weighted by atomic mass is 10.0. The average molecular weight is 319 g/mol. The van der Waals surface area contributed by atoms with E-state index in [1.54, 1.807) is 12.1 Å². The van der Waals surface area contributed by atoms with E-state index < -0.39 is 10.0 Å². The molecule has 0 spiro atoms. The van der Waals surface area contributed by atoms with Gasteiger partial charge in [-0.3, -0.25) is 0 Å². The number of hydrogen-bond acceptors (Lipinski definition) is 3. The summed E-state index contributed by atoms with van der Waals surface area (Å²) in [5, 5.41) is 3.23. The highest BCUT2D eigenvalue weighted by atomic mass is 35.5. The van der Waals surface area contributed by atoms with E-state index in [4.69, 9.17) is 0 Å². The molecular formula is C14H23ClN2O2S. The molecule has 4 nitrogen and oxygen atoms in total. The van der Waals surface area contributed by atoms with Crippen molar-refractivity contribution in [3.8, 4) is 0 Å². The molecule has 0 aromatic heterocycles. The number of nitrogens with one attached hydrogen (secondary N) is 2. The van der Waals surface area contributed by atoms with Gasteiger partial charge in [0.25, 0.3) is 0 Å². The maximum Gasteiger partial charge on any atom is 0.240 e. The maximum absolute atomic E-state index is 12.3. The molecule has 20 heavy (non-hydrogen) atoms. The molecule has 1 saturated heterocycles. The van der Waals surface area contributed by atoms with Gasteiger partial charge in [-0.05, 0) is 49.5 Å². The molecule has 0 unspecified atom stereocenters. The summed E-state index contributed by atoms with van der Waals surface area (Å²) >= 11 is 0. The highest BCUT2D eigenvalue weighted by molar-refractivity contribution is 7.89. The first kappa shape index (κ1) is 17.4. The van der Waals surface area contributed by atoms with Crippen molar-refractivity contribution in [3.05, 3.63) is 29.8 Å². The number of benzene rings is 1. The van der Waals surface area contributed by atoms with Crippen LogP contribution >= 0.6 is 12.4 Å². The van der Waals surface area contributed by atoms with Crippen LogP contribution in [0.25, 0.3) is 0 Å². The summed E-state index contributed by atoms with van der Waals surface area (Å²) in [6, 6.07) is 7.22. The third kappa shape index (κ3) is 4.45. The number of halogens is 1. The van der Waals surface area contributed by atoms with Crippen LogP contribution in [0.4, 0.5) is 0 Å². The van der Waals surface area contributed by atoms with Crippen molar-refractivity contribution in [2.75, 3.05) is 13.1 Å². The van der Waals surface area contributed by atoms with Gasteiger partial charge in [0.2, 0.25) is 10.0 Å². The van der Waals surface area contributed by atoms with Crippen molar-refractivity contribution in [1.29, 1.82) is 0 Å². The van der Waals surface area contributed by atoms with Crippen LogP contribution in [0.3, 0.4) is 0 Å². The molecule has 114 valence electrons. The van der Waals surface area contributed by atoms with Gasteiger partial charge >= 0.3 is 0 Å². The first-order valence-electron chi connectivity index (χ1n) is 6.82. The van der Waals surface area contributed by atoms with Crippen LogP contribution in [-0.4, -0.2) is 27.5 Å². The molecule has 0 radical (unpaired) electrons. The molecular weight excluding hydrogens is 296 g/mol. The first-order valence-corrected chi connectivity index (χ1v) is 8.30. The van der Waals surface area contributed by atoms with Gasteiger partial charge in [0.05, 0.1) is 4.90 Å². The molecule has 0 amide bonds. The van der Waals surface area contributed by atoms with Crippen molar-refractivity contribution >= 4 is 22.4 Å². The first-order chi connectivity index (χ1) is 8.99. The molecule has 2 rings (SSSR count). The van der Waals surface area contributed by atoms with Gasteiger partial charge in [-0.25, -0.2) is 13.1 Å². The van der Waals surface area contributed by atoms with E-state index in [9.17, 15) is 8.42 Å². The Kier molecular flexibility index (Phi) is 6.45. The third-order valence-electron chi connectivity index (χ3n) is 3.52. The fourth-order valence-electron chi connectivity index (χ4n) is 2.26. The Bertz CT molecular complexity index is 508. The van der Waals surface area contributed by atoms with Crippen molar-refractivity contribution < 1.29 is 8.42 Å². The van der Waals surface area contributed by atoms with E-state index in [0.29, 0.717) is 10.8 Å². The highest BCUT2D eigenvalue weighted by Crippen LogP contribution is 2.18. The van der Waals surface area contributed by atoms with E-state index in [1.165, 1.54) is 0 Å². The lowest BCUT2D eigenvalue weighted by Crippen LogP contribution is -2.42. The van der Waals surface area contributed by atoms with Gasteiger partial charge in [0, 0.05) is 6.04 Å². The standard InChI is InChI=1S/C14H22N2O2S.ClH/c1-11(2)12-3-5-14(6-4-12)19(17,18)16-13-7-9-15-10-8-13;/h3-6,11,13,15-16H,7-10H2,1-2H3;1H. The predicted octanol–water partition coefficient (Wildman–Crippen LogP) is 2.26. The van der Waals surface area contributed by atoms with E-state index in [0.717, 1.165) is 31.5 Å². The molecule has 0 atom stereocenters. The second-order valence-corrected chi connectivity index (χ2v) is 7.08. The summed E-state index contributed by atoms with van der Waals surface area (Å²) < 4.78 is 27.3. The second-order valence-electron chi connectivity index (χ2n) is 5.37. The monoisotopic (exact) mass is 318 g/mol. The minimum atomic E-state index is -3.38. The Balaban J connectivity index is 0.00000200. The molecule has 0 aliphatic carbocycles. The maximum atomic E-state index is 12.3. The molecule has 1 aliphatic heterocycles. The normalized spacial score (nSPS) is 16.9. The van der Waals surface area contributed by atoms with Gasteiger partial charge in [-0.1, -0.05) is 26.0 Å². The Morgan fingerprint density at radius 2 is 1.70 bits per heavy atom. The van der Waals surface area contributed by atoms with Gasteiger partial charge in [0.1, 0.15) is 0 Å². The van der Waals surface area contributed by atoms with E-state index in [1.807, 2.05) is 12.1 Å². The van der Waals surface area contributed by atoms with Crippen molar-refractivity contribution in [2.45, 2.75) is 43.5 Å². The Labute approximate surface area is 127 Å². The molecule has 6 heteroatoms. The van der Waals surface area contributed by atoms with E-state index in [-0.39, 0.29) is 18.4 Å². The summed E-state index contributed by atoms with van der Waals surface area (Å²) in [6.07, 6.45) is 1.70. The fraction of sp³-hybridized carbons (Fsp3) is 0.571. The van der Waals surface area contributed by atoms with Crippen molar-refractivity contribution in [2.24, 2.45) is 0 Å². The quantitative estimate of drug-likeness (QED) is 0.895. The van der Waals surface area contributed by atoms with E-state index in [2.05, 4.69) is 23.9 Å². The molecule has 0 bridgehead atoms. The van der Waals surface area contributed by atoms with Crippen LogP contribution in [-0.2, 0) is 10.0 Å². The molecule has 2 N–H and O–H groups in total. The molecule has 1 aromatic rings. The number of piperidine rings is 1. The topological polar surface area (TPSA) is 58.2 Å². The van der Waals surface area contributed by atoms with Crippen LogP contribution < -0.4 is 10.0 Å². The Morgan fingerprint density at radius 3 is 2.20 bits per heavy atom. The van der Waals surface area contributed by atoms with Crippen LogP contribution in [0.1, 0.15) is 38.2 Å². The summed E-state index contributed by atoms with van der Waals surface area (Å²) in [6.45, 7) is 5.94. The smallest absolute Gasteiger partial charge is 0.240 e. The van der Waals surface area contributed by atoms with Crippen LogP contribution in [0.2, 0.25) is 0 Å². The van der Waals surface area contributed by atoms with Crippen LogP contribution in [0.15, 0.2) is 29.2 Å². The highest BCUT2D eigenvalue weighted by Gasteiger charge is 2.21. The van der Waals surface area contributed by atoms with E-state index >= 15 is 0 Å². The summed E-state index contributed by atoms with van der Waals surface area (Å²) in [5.74, 6) is 0.411. The van der Waals surface area contributed by atoms with Gasteiger partial charge in [-0.2, -0.15) is 0 Å². The zero-order chi connectivity index (χ0) is 13.9. The molecule has 1 heterocycles. The van der Waals surface area contributed by atoms with Gasteiger partial charge in [0.15, 0.2) is 0 Å². The molecule has 1 aliphatic rings. The summed E-state index contributed by atoms with van der Waals surface area (Å²) in [5.41, 5.74) is 1.15. The largest absolute Gasteiger partial charge is 0.317 e. The zero-order valence-electron chi connectivity index (χ0n) is 11.9. The van der Waals surface area contributed by atoms with Crippen molar-refractivity contribution in [3.63, 3.8) is 0 Å². The lowest BCUT2D eigenvalue weighted by molar-refractivity contribution is 0.427. The van der Waals surface area contributed by atoms with Gasteiger partial charge < -0.3 is 5.32 Å². The predicted molar refractivity (Wildman–Crippen MR) is 84.0 cm³/mol. The second kappa shape index (κ2) is 7.41. The Hall–Kier alpha value is -0.620. The zero-order valence-corrected chi connectivity index (χ0v) is 13.6. The fourth-order valence-corrected chi connectivity index (χ4v) is 3.56. The SMILES string of the molecule is CC(C)c1ccc(S(=O)(=O)NC2CCNCC2)cc1.Cl.